The number of amides is 1. The molecule has 0 aliphatic heterocycles. The minimum Gasteiger partial charge on any atom is -0.394 e. The van der Waals surface area contributed by atoms with Crippen LogP contribution in [0.3, 0.4) is 0 Å². The molecule has 0 heterocycles. The van der Waals surface area contributed by atoms with Gasteiger partial charge in [0, 0.05) is 6.07 Å². The number of rotatable bonds is 6. The van der Waals surface area contributed by atoms with Gasteiger partial charge < -0.3 is 10.4 Å². The standard InChI is InChI=1S/C18H20N2O4/c1-12-6-8-14(9-7-12)10-15(11-21)19-18(22)17-13(2)4-3-5-16(17)20(23)24/h3-9,15,21H,10-11H2,1-2H3,(H,19,22)/t15-/m1/s1. The summed E-state index contributed by atoms with van der Waals surface area (Å²) in [5.41, 5.74) is 2.41. The van der Waals surface area contributed by atoms with Crippen molar-refractivity contribution in [2.24, 2.45) is 0 Å². The number of hydrogen-bond acceptors (Lipinski definition) is 4. The molecule has 0 unspecified atom stereocenters. The van der Waals surface area contributed by atoms with Crippen LogP contribution in [0.4, 0.5) is 5.69 Å². The first kappa shape index (κ1) is 17.6. The lowest BCUT2D eigenvalue weighted by atomic mass is 10.0. The first-order valence-electron chi connectivity index (χ1n) is 7.63. The van der Waals surface area contributed by atoms with Crippen LogP contribution in [-0.4, -0.2) is 28.6 Å². The topological polar surface area (TPSA) is 92.5 Å². The highest BCUT2D eigenvalue weighted by Gasteiger charge is 2.24. The molecule has 2 aromatic carbocycles. The van der Waals surface area contributed by atoms with E-state index in [2.05, 4.69) is 5.32 Å². The molecule has 0 aliphatic carbocycles. The zero-order valence-corrected chi connectivity index (χ0v) is 13.7. The van der Waals surface area contributed by atoms with Gasteiger partial charge in [0.1, 0.15) is 5.56 Å². The van der Waals surface area contributed by atoms with Crippen molar-refractivity contribution in [3.63, 3.8) is 0 Å². The van der Waals surface area contributed by atoms with Gasteiger partial charge in [0.2, 0.25) is 0 Å². The van der Waals surface area contributed by atoms with Gasteiger partial charge >= 0.3 is 0 Å². The van der Waals surface area contributed by atoms with E-state index >= 15 is 0 Å². The first-order valence-corrected chi connectivity index (χ1v) is 7.63. The number of carbonyl (C=O) groups is 1. The van der Waals surface area contributed by atoms with E-state index in [-0.39, 0.29) is 17.9 Å². The van der Waals surface area contributed by atoms with Crippen molar-refractivity contribution in [1.29, 1.82) is 0 Å². The second-order valence-corrected chi connectivity index (χ2v) is 5.77. The Morgan fingerprint density at radius 3 is 2.46 bits per heavy atom. The molecule has 0 aliphatic rings. The third-order valence-corrected chi connectivity index (χ3v) is 3.83. The molecule has 2 aromatic rings. The summed E-state index contributed by atoms with van der Waals surface area (Å²) in [7, 11) is 0. The van der Waals surface area contributed by atoms with Crippen molar-refractivity contribution in [3.05, 3.63) is 74.8 Å². The van der Waals surface area contributed by atoms with Crippen molar-refractivity contribution >= 4 is 11.6 Å². The molecule has 0 fully saturated rings. The maximum atomic E-state index is 12.5. The van der Waals surface area contributed by atoms with Crippen molar-refractivity contribution in [3.8, 4) is 0 Å². The van der Waals surface area contributed by atoms with Crippen LogP contribution in [0.25, 0.3) is 0 Å². The predicted molar refractivity (Wildman–Crippen MR) is 91.1 cm³/mol. The Bertz CT molecular complexity index is 741. The molecule has 6 nitrogen and oxygen atoms in total. The summed E-state index contributed by atoms with van der Waals surface area (Å²) in [6.45, 7) is 3.38. The first-order chi connectivity index (χ1) is 11.4. The Kier molecular flexibility index (Phi) is 5.65. The second-order valence-electron chi connectivity index (χ2n) is 5.77. The van der Waals surface area contributed by atoms with E-state index < -0.39 is 16.9 Å². The van der Waals surface area contributed by atoms with Crippen LogP contribution >= 0.6 is 0 Å². The summed E-state index contributed by atoms with van der Waals surface area (Å²) in [4.78, 5) is 23.0. The van der Waals surface area contributed by atoms with E-state index in [9.17, 15) is 20.0 Å². The Balaban J connectivity index is 2.18. The molecule has 1 atom stereocenters. The molecule has 2 N–H and O–H groups in total. The highest BCUT2D eigenvalue weighted by Crippen LogP contribution is 2.22. The molecule has 0 saturated carbocycles. The van der Waals surface area contributed by atoms with Crippen molar-refractivity contribution in [2.75, 3.05) is 6.61 Å². The molecule has 0 spiro atoms. The molecule has 0 saturated heterocycles. The van der Waals surface area contributed by atoms with Gasteiger partial charge in [-0.05, 0) is 31.4 Å². The average molecular weight is 328 g/mol. The molecule has 126 valence electrons. The minimum absolute atomic E-state index is 0.0323. The molecule has 0 aromatic heterocycles. The lowest BCUT2D eigenvalue weighted by molar-refractivity contribution is -0.385. The predicted octanol–water partition coefficient (Wildman–Crippen LogP) is 2.55. The number of nitrogens with zero attached hydrogens (tertiary/aromatic N) is 1. The summed E-state index contributed by atoms with van der Waals surface area (Å²) in [6.07, 6.45) is 0.447. The highest BCUT2D eigenvalue weighted by atomic mass is 16.6. The minimum atomic E-state index is -0.574. The van der Waals surface area contributed by atoms with Gasteiger partial charge in [-0.25, -0.2) is 0 Å². The van der Waals surface area contributed by atoms with E-state index in [0.717, 1.165) is 11.1 Å². The van der Waals surface area contributed by atoms with Crippen LogP contribution < -0.4 is 5.32 Å². The van der Waals surface area contributed by atoms with Gasteiger partial charge in [0.25, 0.3) is 11.6 Å². The van der Waals surface area contributed by atoms with Gasteiger partial charge in [0.15, 0.2) is 0 Å². The smallest absolute Gasteiger partial charge is 0.282 e. The van der Waals surface area contributed by atoms with Crippen molar-refractivity contribution in [2.45, 2.75) is 26.3 Å². The normalized spacial score (nSPS) is 11.8. The third kappa shape index (κ3) is 4.17. The molecule has 2 rings (SSSR count). The summed E-state index contributed by atoms with van der Waals surface area (Å²) in [5, 5.41) is 23.4. The SMILES string of the molecule is Cc1ccc(C[C@H](CO)NC(=O)c2c(C)cccc2[N+](=O)[O-])cc1. The number of benzene rings is 2. The Hall–Kier alpha value is -2.73. The van der Waals surface area contributed by atoms with E-state index in [4.69, 9.17) is 0 Å². The van der Waals surface area contributed by atoms with Crippen molar-refractivity contribution in [1.82, 2.24) is 5.32 Å². The maximum absolute atomic E-state index is 12.5. The van der Waals surface area contributed by atoms with Crippen LogP contribution in [0.1, 0.15) is 27.0 Å². The molecular formula is C18H20N2O4. The Morgan fingerprint density at radius 1 is 1.21 bits per heavy atom. The number of nitro groups is 1. The molecule has 0 radical (unpaired) electrons. The average Bonchev–Trinajstić information content (AvgIpc) is 2.55. The fourth-order valence-electron chi connectivity index (χ4n) is 2.53. The third-order valence-electron chi connectivity index (χ3n) is 3.83. The number of aliphatic hydroxyl groups is 1. The fraction of sp³-hybridized carbons (Fsp3) is 0.278. The fourth-order valence-corrected chi connectivity index (χ4v) is 2.53. The van der Waals surface area contributed by atoms with E-state index in [1.54, 1.807) is 19.1 Å². The van der Waals surface area contributed by atoms with Gasteiger partial charge in [-0.3, -0.25) is 14.9 Å². The Labute approximate surface area is 140 Å². The summed E-state index contributed by atoms with van der Waals surface area (Å²) >= 11 is 0. The largest absolute Gasteiger partial charge is 0.394 e. The lowest BCUT2D eigenvalue weighted by Gasteiger charge is -2.17. The van der Waals surface area contributed by atoms with Gasteiger partial charge in [0.05, 0.1) is 17.6 Å². The second kappa shape index (κ2) is 7.70. The quantitative estimate of drug-likeness (QED) is 0.629. The van der Waals surface area contributed by atoms with E-state index in [0.29, 0.717) is 12.0 Å². The lowest BCUT2D eigenvalue weighted by Crippen LogP contribution is -2.39. The monoisotopic (exact) mass is 328 g/mol. The van der Waals surface area contributed by atoms with Crippen LogP contribution in [0.5, 0.6) is 0 Å². The maximum Gasteiger partial charge on any atom is 0.282 e. The summed E-state index contributed by atoms with van der Waals surface area (Å²) in [5.74, 6) is -0.550. The van der Waals surface area contributed by atoms with Gasteiger partial charge in [-0.1, -0.05) is 42.0 Å². The zero-order chi connectivity index (χ0) is 17.7. The van der Waals surface area contributed by atoms with Gasteiger partial charge in [-0.2, -0.15) is 0 Å². The summed E-state index contributed by atoms with van der Waals surface area (Å²) in [6, 6.07) is 11.8. The van der Waals surface area contributed by atoms with E-state index in [1.807, 2.05) is 31.2 Å². The number of carbonyl (C=O) groups excluding carboxylic acids is 1. The number of aryl methyl sites for hydroxylation is 2. The number of hydrogen-bond donors (Lipinski definition) is 2. The number of nitro benzene ring substituents is 1. The van der Waals surface area contributed by atoms with Crippen LogP contribution in [-0.2, 0) is 6.42 Å². The van der Waals surface area contributed by atoms with Crippen LogP contribution in [0.15, 0.2) is 42.5 Å². The zero-order valence-electron chi connectivity index (χ0n) is 13.7. The number of nitrogens with one attached hydrogen (secondary N) is 1. The molecule has 24 heavy (non-hydrogen) atoms. The van der Waals surface area contributed by atoms with Crippen molar-refractivity contribution < 1.29 is 14.8 Å². The Morgan fingerprint density at radius 2 is 1.88 bits per heavy atom. The molecule has 0 bridgehead atoms. The molecule has 1 amide bonds. The van der Waals surface area contributed by atoms with Gasteiger partial charge in [-0.15, -0.1) is 0 Å². The molecule has 6 heteroatoms. The summed E-state index contributed by atoms with van der Waals surface area (Å²) < 4.78 is 0. The van der Waals surface area contributed by atoms with Crippen LogP contribution in [0.2, 0.25) is 0 Å². The van der Waals surface area contributed by atoms with E-state index in [1.165, 1.54) is 6.07 Å². The van der Waals surface area contributed by atoms with Crippen LogP contribution in [0, 0.1) is 24.0 Å². The number of aliphatic hydroxyl groups excluding tert-OH is 1. The highest BCUT2D eigenvalue weighted by molar-refractivity contribution is 5.99. The molecular weight excluding hydrogens is 308 g/mol.